The Morgan fingerprint density at radius 1 is 1.04 bits per heavy atom. The van der Waals surface area contributed by atoms with Crippen LogP contribution in [0, 0.1) is 5.82 Å². The van der Waals surface area contributed by atoms with E-state index in [0.717, 1.165) is 38.5 Å². The molecule has 1 heterocycles. The lowest BCUT2D eigenvalue weighted by Crippen LogP contribution is -2.48. The SMILES string of the molecule is CCOc1ccc(CN2CCN(C(=O)CCc3ccccc3F)CC2)cc1. The Morgan fingerprint density at radius 2 is 1.74 bits per heavy atom. The number of piperazine rings is 1. The number of benzene rings is 2. The summed E-state index contributed by atoms with van der Waals surface area (Å²) in [5.74, 6) is 0.774. The molecule has 0 saturated carbocycles. The second kappa shape index (κ2) is 9.51. The molecule has 0 N–H and O–H groups in total. The molecule has 2 aromatic rings. The molecule has 0 radical (unpaired) electrons. The normalized spacial score (nSPS) is 15.0. The van der Waals surface area contributed by atoms with Crippen LogP contribution in [0.2, 0.25) is 0 Å². The van der Waals surface area contributed by atoms with Crippen LogP contribution in [0.25, 0.3) is 0 Å². The first-order chi connectivity index (χ1) is 13.2. The molecule has 1 aliphatic rings. The summed E-state index contributed by atoms with van der Waals surface area (Å²) in [6.45, 7) is 6.71. The van der Waals surface area contributed by atoms with E-state index in [-0.39, 0.29) is 11.7 Å². The van der Waals surface area contributed by atoms with Gasteiger partial charge in [-0.3, -0.25) is 9.69 Å². The Balaban J connectivity index is 1.42. The van der Waals surface area contributed by atoms with Gasteiger partial charge in [-0.2, -0.15) is 0 Å². The van der Waals surface area contributed by atoms with Gasteiger partial charge in [0.1, 0.15) is 11.6 Å². The van der Waals surface area contributed by atoms with Crippen molar-refractivity contribution in [2.45, 2.75) is 26.3 Å². The molecule has 27 heavy (non-hydrogen) atoms. The fraction of sp³-hybridized carbons (Fsp3) is 0.409. The van der Waals surface area contributed by atoms with Crippen molar-refractivity contribution in [2.75, 3.05) is 32.8 Å². The Bertz CT molecular complexity index is 740. The van der Waals surface area contributed by atoms with Crippen LogP contribution < -0.4 is 4.74 Å². The monoisotopic (exact) mass is 370 g/mol. The van der Waals surface area contributed by atoms with Gasteiger partial charge in [0.05, 0.1) is 6.61 Å². The predicted molar refractivity (Wildman–Crippen MR) is 104 cm³/mol. The van der Waals surface area contributed by atoms with E-state index in [4.69, 9.17) is 4.74 Å². The highest BCUT2D eigenvalue weighted by atomic mass is 19.1. The molecule has 0 bridgehead atoms. The van der Waals surface area contributed by atoms with Crippen LogP contribution in [0.15, 0.2) is 48.5 Å². The molecule has 1 aliphatic heterocycles. The van der Waals surface area contributed by atoms with Crippen LogP contribution in [0.1, 0.15) is 24.5 Å². The molecular weight excluding hydrogens is 343 g/mol. The van der Waals surface area contributed by atoms with Crippen LogP contribution >= 0.6 is 0 Å². The van der Waals surface area contributed by atoms with Crippen molar-refractivity contribution in [3.05, 3.63) is 65.5 Å². The molecule has 0 aromatic heterocycles. The lowest BCUT2D eigenvalue weighted by Gasteiger charge is -2.35. The van der Waals surface area contributed by atoms with Crippen LogP contribution in [-0.4, -0.2) is 48.5 Å². The Labute approximate surface area is 160 Å². The van der Waals surface area contributed by atoms with Crippen molar-refractivity contribution in [1.29, 1.82) is 0 Å². The Hall–Kier alpha value is -2.40. The van der Waals surface area contributed by atoms with Gasteiger partial charge >= 0.3 is 0 Å². The van der Waals surface area contributed by atoms with Crippen LogP contribution in [0.3, 0.4) is 0 Å². The van der Waals surface area contributed by atoms with Gasteiger partial charge in [-0.25, -0.2) is 4.39 Å². The molecule has 0 aliphatic carbocycles. The minimum absolute atomic E-state index is 0.110. The zero-order valence-electron chi connectivity index (χ0n) is 15.9. The van der Waals surface area contributed by atoms with Crippen molar-refractivity contribution in [3.8, 4) is 5.75 Å². The fourth-order valence-corrected chi connectivity index (χ4v) is 3.37. The summed E-state index contributed by atoms with van der Waals surface area (Å²) >= 11 is 0. The third-order valence-corrected chi connectivity index (χ3v) is 4.93. The molecule has 2 aromatic carbocycles. The van der Waals surface area contributed by atoms with E-state index in [2.05, 4.69) is 17.0 Å². The molecule has 0 atom stereocenters. The summed E-state index contributed by atoms with van der Waals surface area (Å²) in [5.41, 5.74) is 1.86. The van der Waals surface area contributed by atoms with Gasteiger partial charge in [0.15, 0.2) is 0 Å². The van der Waals surface area contributed by atoms with Gasteiger partial charge < -0.3 is 9.64 Å². The number of carbonyl (C=O) groups is 1. The molecule has 1 fully saturated rings. The largest absolute Gasteiger partial charge is 0.494 e. The molecule has 1 amide bonds. The number of nitrogens with zero attached hydrogens (tertiary/aromatic N) is 2. The van der Waals surface area contributed by atoms with E-state index in [9.17, 15) is 9.18 Å². The fourth-order valence-electron chi connectivity index (χ4n) is 3.37. The number of aryl methyl sites for hydroxylation is 1. The third-order valence-electron chi connectivity index (χ3n) is 4.93. The van der Waals surface area contributed by atoms with Crippen molar-refractivity contribution < 1.29 is 13.9 Å². The van der Waals surface area contributed by atoms with Gasteiger partial charge in [0.25, 0.3) is 0 Å². The smallest absolute Gasteiger partial charge is 0.222 e. The van der Waals surface area contributed by atoms with E-state index < -0.39 is 0 Å². The summed E-state index contributed by atoms with van der Waals surface area (Å²) in [4.78, 5) is 16.7. The molecule has 3 rings (SSSR count). The molecule has 5 heteroatoms. The summed E-state index contributed by atoms with van der Waals surface area (Å²) in [5, 5.41) is 0. The lowest BCUT2D eigenvalue weighted by atomic mass is 10.1. The highest BCUT2D eigenvalue weighted by Crippen LogP contribution is 2.15. The zero-order chi connectivity index (χ0) is 19.1. The maximum absolute atomic E-state index is 13.7. The third kappa shape index (κ3) is 5.54. The lowest BCUT2D eigenvalue weighted by molar-refractivity contribution is -0.133. The summed E-state index contributed by atoms with van der Waals surface area (Å²) in [6, 6.07) is 14.9. The Kier molecular flexibility index (Phi) is 6.82. The molecule has 0 spiro atoms. The number of hydrogen-bond donors (Lipinski definition) is 0. The maximum atomic E-state index is 13.7. The van der Waals surface area contributed by atoms with Crippen molar-refractivity contribution in [2.24, 2.45) is 0 Å². The number of carbonyl (C=O) groups excluding carboxylic acids is 1. The minimum Gasteiger partial charge on any atom is -0.494 e. The number of ether oxygens (including phenoxy) is 1. The first kappa shape index (κ1) is 19.4. The van der Waals surface area contributed by atoms with Crippen molar-refractivity contribution in [3.63, 3.8) is 0 Å². The standard InChI is InChI=1S/C22H27FN2O2/c1-2-27-20-10-7-18(8-11-20)17-24-13-15-25(16-14-24)22(26)12-9-19-5-3-4-6-21(19)23/h3-8,10-11H,2,9,12-17H2,1H3. The molecule has 4 nitrogen and oxygen atoms in total. The number of rotatable bonds is 7. The highest BCUT2D eigenvalue weighted by Gasteiger charge is 2.21. The zero-order valence-corrected chi connectivity index (χ0v) is 15.9. The minimum atomic E-state index is -0.231. The van der Waals surface area contributed by atoms with Crippen LogP contribution in [0.5, 0.6) is 5.75 Å². The summed E-state index contributed by atoms with van der Waals surface area (Å²) < 4.78 is 19.1. The number of halogens is 1. The second-order valence-corrected chi connectivity index (χ2v) is 6.83. The Morgan fingerprint density at radius 3 is 2.41 bits per heavy atom. The van der Waals surface area contributed by atoms with E-state index >= 15 is 0 Å². The van der Waals surface area contributed by atoms with E-state index in [0.29, 0.717) is 25.0 Å². The molecule has 144 valence electrons. The van der Waals surface area contributed by atoms with E-state index in [1.54, 1.807) is 12.1 Å². The molecule has 1 saturated heterocycles. The predicted octanol–water partition coefficient (Wildman–Crippen LogP) is 3.50. The average Bonchev–Trinajstić information content (AvgIpc) is 2.69. The summed E-state index contributed by atoms with van der Waals surface area (Å²) in [7, 11) is 0. The second-order valence-electron chi connectivity index (χ2n) is 6.83. The van der Waals surface area contributed by atoms with E-state index in [1.807, 2.05) is 30.0 Å². The van der Waals surface area contributed by atoms with Crippen molar-refractivity contribution >= 4 is 5.91 Å². The van der Waals surface area contributed by atoms with Gasteiger partial charge in [-0.15, -0.1) is 0 Å². The van der Waals surface area contributed by atoms with Crippen LogP contribution in [0.4, 0.5) is 4.39 Å². The first-order valence-electron chi connectivity index (χ1n) is 9.61. The molecule has 0 unspecified atom stereocenters. The quantitative estimate of drug-likeness (QED) is 0.748. The van der Waals surface area contributed by atoms with Crippen molar-refractivity contribution in [1.82, 2.24) is 9.80 Å². The van der Waals surface area contributed by atoms with Gasteiger partial charge in [-0.1, -0.05) is 30.3 Å². The van der Waals surface area contributed by atoms with Gasteiger partial charge in [-0.05, 0) is 42.7 Å². The van der Waals surface area contributed by atoms with Gasteiger partial charge in [0, 0.05) is 39.1 Å². The van der Waals surface area contributed by atoms with Crippen LogP contribution in [-0.2, 0) is 17.8 Å². The maximum Gasteiger partial charge on any atom is 0.222 e. The van der Waals surface area contributed by atoms with E-state index in [1.165, 1.54) is 11.6 Å². The van der Waals surface area contributed by atoms with Gasteiger partial charge in [0.2, 0.25) is 5.91 Å². The number of amides is 1. The summed E-state index contributed by atoms with van der Waals surface area (Å²) in [6.07, 6.45) is 0.817. The first-order valence-corrected chi connectivity index (χ1v) is 9.61. The highest BCUT2D eigenvalue weighted by molar-refractivity contribution is 5.76. The number of hydrogen-bond acceptors (Lipinski definition) is 3. The average molecular weight is 370 g/mol. The molecular formula is C22H27FN2O2. The topological polar surface area (TPSA) is 32.8 Å².